The lowest BCUT2D eigenvalue weighted by Gasteiger charge is -2.38. The van der Waals surface area contributed by atoms with E-state index in [2.05, 4.69) is 0 Å². The Morgan fingerprint density at radius 1 is 1.50 bits per heavy atom. The minimum absolute atomic E-state index is 0.125. The molecule has 0 radical (unpaired) electrons. The summed E-state index contributed by atoms with van der Waals surface area (Å²) in [5, 5.41) is 0.125. The van der Waals surface area contributed by atoms with Crippen molar-refractivity contribution in [3.63, 3.8) is 0 Å². The van der Waals surface area contributed by atoms with Gasteiger partial charge < -0.3 is 18.9 Å². The summed E-state index contributed by atoms with van der Waals surface area (Å²) in [6, 6.07) is 0. The van der Waals surface area contributed by atoms with Gasteiger partial charge in [-0.1, -0.05) is 0 Å². The van der Waals surface area contributed by atoms with Crippen LogP contribution in [0, 0.1) is 0 Å². The summed E-state index contributed by atoms with van der Waals surface area (Å²) in [6.45, 7) is 4.31. The third-order valence-electron chi connectivity index (χ3n) is 2.88. The fraction of sp³-hybridized carbons (Fsp3) is 0.750. The van der Waals surface area contributed by atoms with Crippen molar-refractivity contribution >= 4 is 17.7 Å². The van der Waals surface area contributed by atoms with E-state index in [0.717, 1.165) is 12.8 Å². The lowest BCUT2D eigenvalue weighted by molar-refractivity contribution is -0.253. The summed E-state index contributed by atoms with van der Waals surface area (Å²) in [6.07, 6.45) is 1.17. The normalized spacial score (nSPS) is 31.6. The first-order valence-corrected chi connectivity index (χ1v) is 6.93. The summed E-state index contributed by atoms with van der Waals surface area (Å²) < 4.78 is 21.5. The van der Waals surface area contributed by atoms with Crippen molar-refractivity contribution in [1.29, 1.82) is 0 Å². The van der Waals surface area contributed by atoms with E-state index in [1.165, 1.54) is 18.9 Å². The smallest absolute Gasteiger partial charge is 0.347 e. The zero-order chi connectivity index (χ0) is 13.1. The maximum atomic E-state index is 11.6. The van der Waals surface area contributed by atoms with E-state index in [0.29, 0.717) is 17.3 Å². The Morgan fingerprint density at radius 3 is 2.94 bits per heavy atom. The minimum Gasteiger partial charge on any atom is -0.467 e. The first kappa shape index (κ1) is 13.7. The van der Waals surface area contributed by atoms with E-state index < -0.39 is 0 Å². The predicted octanol–water partition coefficient (Wildman–Crippen LogP) is 2.02. The van der Waals surface area contributed by atoms with E-state index in [1.807, 2.05) is 6.92 Å². The van der Waals surface area contributed by atoms with Crippen LogP contribution >= 0.6 is 11.8 Å². The molecule has 2 aliphatic heterocycles. The highest BCUT2D eigenvalue weighted by atomic mass is 32.2. The Balaban J connectivity index is 2.04. The second kappa shape index (κ2) is 5.95. The van der Waals surface area contributed by atoms with Crippen LogP contribution in [-0.4, -0.2) is 37.5 Å². The van der Waals surface area contributed by atoms with Gasteiger partial charge in [0.05, 0.1) is 12.4 Å². The molecule has 6 heteroatoms. The van der Waals surface area contributed by atoms with E-state index in [9.17, 15) is 4.79 Å². The second-order valence-corrected chi connectivity index (χ2v) is 5.37. The molecule has 0 amide bonds. The number of esters is 1. The topological polar surface area (TPSA) is 54.0 Å². The largest absolute Gasteiger partial charge is 0.467 e. The molecule has 1 fully saturated rings. The number of hydrogen-bond acceptors (Lipinski definition) is 6. The molecule has 1 unspecified atom stereocenters. The first-order valence-electron chi connectivity index (χ1n) is 6.05. The third kappa shape index (κ3) is 2.81. The van der Waals surface area contributed by atoms with Gasteiger partial charge in [-0.25, -0.2) is 4.79 Å². The van der Waals surface area contributed by atoms with Gasteiger partial charge in [0.15, 0.2) is 6.29 Å². The van der Waals surface area contributed by atoms with Gasteiger partial charge in [0.2, 0.25) is 6.29 Å². The SMILES string of the molecule is CCOC1CC[C@H]2SC(C(=O)OC)=C(C)O[C@H]2O1. The number of fused-ring (bicyclic) bond motifs is 1. The van der Waals surface area contributed by atoms with Gasteiger partial charge in [-0.05, 0) is 26.7 Å². The van der Waals surface area contributed by atoms with Gasteiger partial charge in [0.25, 0.3) is 0 Å². The molecule has 0 aromatic carbocycles. The van der Waals surface area contributed by atoms with Crippen molar-refractivity contribution in [2.45, 2.75) is 44.5 Å². The van der Waals surface area contributed by atoms with Crippen LogP contribution in [0.3, 0.4) is 0 Å². The minimum atomic E-state index is -0.345. The molecule has 102 valence electrons. The number of carbonyl (C=O) groups excluding carboxylic acids is 1. The number of methoxy groups -OCH3 is 1. The van der Waals surface area contributed by atoms with Gasteiger partial charge in [0.1, 0.15) is 10.7 Å². The molecule has 0 saturated carbocycles. The maximum absolute atomic E-state index is 11.6. The monoisotopic (exact) mass is 274 g/mol. The molecule has 3 atom stereocenters. The highest BCUT2D eigenvalue weighted by Crippen LogP contribution is 2.41. The number of rotatable bonds is 3. The summed E-state index contributed by atoms with van der Waals surface area (Å²) in [5.41, 5.74) is 0. The van der Waals surface area contributed by atoms with E-state index in [4.69, 9.17) is 18.9 Å². The van der Waals surface area contributed by atoms with Gasteiger partial charge in [0, 0.05) is 6.61 Å². The highest BCUT2D eigenvalue weighted by molar-refractivity contribution is 8.04. The average molecular weight is 274 g/mol. The molecule has 2 rings (SSSR count). The van der Waals surface area contributed by atoms with Crippen LogP contribution < -0.4 is 0 Å². The molecule has 18 heavy (non-hydrogen) atoms. The molecule has 0 bridgehead atoms. The van der Waals surface area contributed by atoms with Gasteiger partial charge in [-0.15, -0.1) is 11.8 Å². The molecule has 0 aromatic rings. The Labute approximate surface area is 111 Å². The molecule has 0 aromatic heterocycles. The van der Waals surface area contributed by atoms with Crippen molar-refractivity contribution in [3.05, 3.63) is 10.7 Å². The van der Waals surface area contributed by atoms with Crippen molar-refractivity contribution in [2.24, 2.45) is 0 Å². The Bertz CT molecular complexity index is 354. The summed E-state index contributed by atoms with van der Waals surface area (Å²) >= 11 is 1.48. The average Bonchev–Trinajstić information content (AvgIpc) is 2.37. The molecule has 0 aliphatic carbocycles. The maximum Gasteiger partial charge on any atom is 0.347 e. The first-order chi connectivity index (χ1) is 8.65. The summed E-state index contributed by atoms with van der Waals surface area (Å²) in [4.78, 5) is 12.1. The van der Waals surface area contributed by atoms with Crippen molar-refractivity contribution in [2.75, 3.05) is 13.7 Å². The molecule has 0 spiro atoms. The van der Waals surface area contributed by atoms with Gasteiger partial charge in [-0.3, -0.25) is 0 Å². The molecule has 2 aliphatic rings. The molecule has 0 N–H and O–H groups in total. The molecule has 5 nitrogen and oxygen atoms in total. The Morgan fingerprint density at radius 2 is 2.28 bits per heavy atom. The van der Waals surface area contributed by atoms with Crippen LogP contribution in [0.2, 0.25) is 0 Å². The number of thioether (sulfide) groups is 1. The van der Waals surface area contributed by atoms with Crippen LogP contribution in [-0.2, 0) is 23.7 Å². The zero-order valence-corrected chi connectivity index (χ0v) is 11.6. The number of ether oxygens (including phenoxy) is 4. The fourth-order valence-electron chi connectivity index (χ4n) is 2.02. The molecule has 1 saturated heterocycles. The number of hydrogen-bond donors (Lipinski definition) is 0. The lowest BCUT2D eigenvalue weighted by atomic mass is 10.1. The summed E-state index contributed by atoms with van der Waals surface area (Å²) in [5.74, 6) is 0.216. The van der Waals surface area contributed by atoms with E-state index in [-0.39, 0.29) is 23.8 Å². The van der Waals surface area contributed by atoms with Crippen LogP contribution in [0.15, 0.2) is 10.7 Å². The van der Waals surface area contributed by atoms with Gasteiger partial charge in [-0.2, -0.15) is 0 Å². The van der Waals surface area contributed by atoms with Crippen molar-refractivity contribution < 1.29 is 23.7 Å². The zero-order valence-electron chi connectivity index (χ0n) is 10.8. The van der Waals surface area contributed by atoms with Crippen molar-refractivity contribution in [3.8, 4) is 0 Å². The van der Waals surface area contributed by atoms with Crippen LogP contribution in [0.5, 0.6) is 0 Å². The van der Waals surface area contributed by atoms with Crippen LogP contribution in [0.1, 0.15) is 26.7 Å². The van der Waals surface area contributed by atoms with Crippen LogP contribution in [0.25, 0.3) is 0 Å². The second-order valence-electron chi connectivity index (χ2n) is 4.12. The Kier molecular flexibility index (Phi) is 4.53. The number of carbonyl (C=O) groups is 1. The number of allylic oxidation sites excluding steroid dienone is 1. The fourth-order valence-corrected chi connectivity index (χ4v) is 3.20. The lowest BCUT2D eigenvalue weighted by Crippen LogP contribution is -2.42. The summed E-state index contributed by atoms with van der Waals surface area (Å²) in [7, 11) is 1.37. The van der Waals surface area contributed by atoms with Crippen LogP contribution in [0.4, 0.5) is 0 Å². The third-order valence-corrected chi connectivity index (χ3v) is 4.33. The van der Waals surface area contributed by atoms with E-state index >= 15 is 0 Å². The van der Waals surface area contributed by atoms with Gasteiger partial charge >= 0.3 is 5.97 Å². The Hall–Kier alpha value is -0.720. The molecule has 2 heterocycles. The molecular formula is C12H18O5S. The standard InChI is InChI=1S/C12H18O5S/c1-4-15-9-6-5-8-12(17-9)16-7(2)10(18-8)11(13)14-3/h8-9,12H,4-6H2,1-3H3/t8-,9?,12+/m1/s1. The quantitative estimate of drug-likeness (QED) is 0.734. The van der Waals surface area contributed by atoms with Crippen molar-refractivity contribution in [1.82, 2.24) is 0 Å². The predicted molar refractivity (Wildman–Crippen MR) is 66.7 cm³/mol. The van der Waals surface area contributed by atoms with E-state index in [1.54, 1.807) is 6.92 Å². The molecular weight excluding hydrogens is 256 g/mol. The highest BCUT2D eigenvalue weighted by Gasteiger charge is 2.39.